The molecule has 1 heterocycles. The quantitative estimate of drug-likeness (QED) is 0.686. The Balaban J connectivity index is 2.13. The average Bonchev–Trinajstić information content (AvgIpc) is 2.45. The number of fused-ring (bicyclic) bond motifs is 1. The lowest BCUT2D eigenvalue weighted by Gasteiger charge is -2.19. The van der Waals surface area contributed by atoms with Crippen molar-refractivity contribution in [2.45, 2.75) is 12.4 Å². The van der Waals surface area contributed by atoms with Crippen molar-refractivity contribution in [2.24, 2.45) is 16.8 Å². The fourth-order valence-corrected chi connectivity index (χ4v) is 1.47. The second kappa shape index (κ2) is 3.18. The van der Waals surface area contributed by atoms with Crippen LogP contribution in [0.4, 0.5) is 13.2 Å². The predicted molar refractivity (Wildman–Crippen MR) is 46.4 cm³/mol. The van der Waals surface area contributed by atoms with E-state index in [1.54, 1.807) is 0 Å². The van der Waals surface area contributed by atoms with Crippen molar-refractivity contribution < 1.29 is 17.9 Å². The molecule has 0 saturated carbocycles. The van der Waals surface area contributed by atoms with E-state index in [2.05, 4.69) is 15.3 Å². The molecule has 4 nitrogen and oxygen atoms in total. The van der Waals surface area contributed by atoms with Gasteiger partial charge >= 0.3 is 6.36 Å². The van der Waals surface area contributed by atoms with Crippen LogP contribution < -0.4 is 11.2 Å². The second-order valence-electron chi connectivity index (χ2n) is 3.19. The molecule has 0 unspecified atom stereocenters. The van der Waals surface area contributed by atoms with Crippen LogP contribution in [0.5, 0.6) is 0 Å². The number of nitrogens with zero attached hydrogens (tertiary/aromatic N) is 1. The van der Waals surface area contributed by atoms with Gasteiger partial charge in [0.15, 0.2) is 0 Å². The van der Waals surface area contributed by atoms with Gasteiger partial charge in [-0.25, -0.2) is 0 Å². The molecule has 7 heteroatoms. The summed E-state index contributed by atoms with van der Waals surface area (Å²) in [4.78, 5) is 0. The number of ether oxygens (including phenoxy) is 1. The number of nitrogens with one attached hydrogen (secondary N) is 1. The summed E-state index contributed by atoms with van der Waals surface area (Å²) in [5, 5.41) is 3.72. The zero-order chi connectivity index (χ0) is 11.1. The van der Waals surface area contributed by atoms with E-state index in [0.717, 1.165) is 0 Å². The molecule has 15 heavy (non-hydrogen) atoms. The number of rotatable bonds is 1. The monoisotopic (exact) mass is 219 g/mol. The van der Waals surface area contributed by atoms with E-state index in [-0.39, 0.29) is 23.6 Å². The van der Waals surface area contributed by atoms with Crippen LogP contribution in [0.15, 0.2) is 29.1 Å². The lowest BCUT2D eigenvalue weighted by atomic mass is 9.95. The zero-order valence-electron chi connectivity index (χ0n) is 7.45. The normalized spacial score (nSPS) is 29.0. The molecule has 0 fully saturated rings. The number of amidine groups is 1. The summed E-state index contributed by atoms with van der Waals surface area (Å²) in [7, 11) is 0. The van der Waals surface area contributed by atoms with Crippen LogP contribution in [0.2, 0.25) is 0 Å². The largest absolute Gasteiger partial charge is 0.573 e. The fourth-order valence-electron chi connectivity index (χ4n) is 1.47. The maximum atomic E-state index is 11.9. The van der Waals surface area contributed by atoms with Crippen LogP contribution in [0.1, 0.15) is 0 Å². The highest BCUT2D eigenvalue weighted by molar-refractivity contribution is 5.87. The van der Waals surface area contributed by atoms with Gasteiger partial charge in [-0.3, -0.25) is 0 Å². The summed E-state index contributed by atoms with van der Waals surface area (Å²) in [6, 6.07) is -0.175. The summed E-state index contributed by atoms with van der Waals surface area (Å²) in [6.07, 6.45) is -0.594. The lowest BCUT2D eigenvalue weighted by molar-refractivity contribution is -0.303. The van der Waals surface area contributed by atoms with Gasteiger partial charge in [-0.2, -0.15) is 5.10 Å². The van der Waals surface area contributed by atoms with E-state index < -0.39 is 6.36 Å². The molecule has 1 aliphatic carbocycles. The standard InChI is InChI=1S/C8H8F3N3O/c9-8(10,11)15-4-1-2-6-5(3-4)7(12)14-13-6/h1-3,5-6,13H,(H2,12,14)/t5-,6+/m0/s1. The first-order chi connectivity index (χ1) is 6.96. The molecule has 2 atom stereocenters. The summed E-state index contributed by atoms with van der Waals surface area (Å²) >= 11 is 0. The molecule has 0 aromatic carbocycles. The Morgan fingerprint density at radius 1 is 1.47 bits per heavy atom. The smallest absolute Gasteiger partial charge is 0.406 e. The number of hydrazone groups is 1. The van der Waals surface area contributed by atoms with Crippen LogP contribution in [0.3, 0.4) is 0 Å². The number of hydrogen-bond acceptors (Lipinski definition) is 4. The van der Waals surface area contributed by atoms with Crippen molar-refractivity contribution in [3.63, 3.8) is 0 Å². The number of alkyl halides is 3. The van der Waals surface area contributed by atoms with Gasteiger partial charge in [-0.15, -0.1) is 13.2 Å². The van der Waals surface area contributed by atoms with Crippen LogP contribution >= 0.6 is 0 Å². The van der Waals surface area contributed by atoms with Crippen molar-refractivity contribution in [2.75, 3.05) is 0 Å². The van der Waals surface area contributed by atoms with E-state index in [1.165, 1.54) is 18.2 Å². The van der Waals surface area contributed by atoms with Crippen LogP contribution in [-0.2, 0) is 4.74 Å². The topological polar surface area (TPSA) is 59.6 Å². The molecule has 0 aromatic rings. The highest BCUT2D eigenvalue weighted by atomic mass is 19.4. The summed E-state index contributed by atoms with van der Waals surface area (Å²) < 4.78 is 39.5. The average molecular weight is 219 g/mol. The Labute approximate surface area is 83.3 Å². The molecule has 0 saturated heterocycles. The van der Waals surface area contributed by atoms with Crippen molar-refractivity contribution in [1.29, 1.82) is 0 Å². The minimum Gasteiger partial charge on any atom is -0.406 e. The van der Waals surface area contributed by atoms with Gasteiger partial charge < -0.3 is 15.9 Å². The Kier molecular flexibility index (Phi) is 2.09. The van der Waals surface area contributed by atoms with Crippen LogP contribution in [-0.4, -0.2) is 18.2 Å². The molecule has 0 amide bonds. The van der Waals surface area contributed by atoms with Gasteiger partial charge in [-0.05, 0) is 12.2 Å². The van der Waals surface area contributed by atoms with Gasteiger partial charge in [0.05, 0.1) is 12.0 Å². The Morgan fingerprint density at radius 3 is 2.87 bits per heavy atom. The van der Waals surface area contributed by atoms with E-state index in [1.807, 2.05) is 0 Å². The molecule has 3 N–H and O–H groups in total. The van der Waals surface area contributed by atoms with Crippen molar-refractivity contribution in [3.05, 3.63) is 24.0 Å². The van der Waals surface area contributed by atoms with Gasteiger partial charge in [-0.1, -0.05) is 6.08 Å². The van der Waals surface area contributed by atoms with E-state index in [9.17, 15) is 13.2 Å². The predicted octanol–water partition coefficient (Wildman–Crippen LogP) is 0.837. The third-order valence-electron chi connectivity index (χ3n) is 2.12. The van der Waals surface area contributed by atoms with Gasteiger partial charge in [0.1, 0.15) is 11.6 Å². The second-order valence-corrected chi connectivity index (χ2v) is 3.19. The summed E-state index contributed by atoms with van der Waals surface area (Å²) in [5.74, 6) is -0.370. The zero-order valence-corrected chi connectivity index (χ0v) is 7.45. The third-order valence-corrected chi connectivity index (χ3v) is 2.12. The van der Waals surface area contributed by atoms with E-state index in [4.69, 9.17) is 5.73 Å². The van der Waals surface area contributed by atoms with E-state index in [0.29, 0.717) is 0 Å². The first-order valence-corrected chi connectivity index (χ1v) is 4.20. The molecule has 0 bridgehead atoms. The molecule has 2 aliphatic rings. The highest BCUT2D eigenvalue weighted by Crippen LogP contribution is 2.27. The maximum absolute atomic E-state index is 11.9. The number of halogens is 3. The number of allylic oxidation sites excluding steroid dienone is 1. The van der Waals surface area contributed by atoms with Crippen molar-refractivity contribution >= 4 is 5.84 Å². The Hall–Kier alpha value is -1.66. The van der Waals surface area contributed by atoms with Gasteiger partial charge in [0, 0.05) is 0 Å². The first kappa shape index (κ1) is 9.88. The fraction of sp³-hybridized carbons (Fsp3) is 0.375. The van der Waals surface area contributed by atoms with Crippen molar-refractivity contribution in [1.82, 2.24) is 5.43 Å². The number of nitrogens with two attached hydrogens (primary N) is 1. The third kappa shape index (κ3) is 2.05. The molecular formula is C8H8F3N3O. The van der Waals surface area contributed by atoms with E-state index >= 15 is 0 Å². The highest BCUT2D eigenvalue weighted by Gasteiger charge is 2.35. The molecule has 82 valence electrons. The lowest BCUT2D eigenvalue weighted by Crippen LogP contribution is -2.31. The van der Waals surface area contributed by atoms with Crippen LogP contribution in [0, 0.1) is 5.92 Å². The first-order valence-electron chi connectivity index (χ1n) is 4.20. The minimum atomic E-state index is -4.68. The Morgan fingerprint density at radius 2 is 2.20 bits per heavy atom. The summed E-state index contributed by atoms with van der Waals surface area (Å²) in [6.45, 7) is 0. The van der Waals surface area contributed by atoms with Crippen LogP contribution in [0.25, 0.3) is 0 Å². The van der Waals surface area contributed by atoms with Crippen molar-refractivity contribution in [3.8, 4) is 0 Å². The molecule has 0 aromatic heterocycles. The van der Waals surface area contributed by atoms with Gasteiger partial charge in [0.2, 0.25) is 0 Å². The molecular weight excluding hydrogens is 211 g/mol. The number of hydrogen-bond donors (Lipinski definition) is 2. The summed E-state index contributed by atoms with van der Waals surface area (Å²) in [5.41, 5.74) is 8.17. The maximum Gasteiger partial charge on any atom is 0.573 e. The molecule has 2 rings (SSSR count). The minimum absolute atomic E-state index is 0.175. The Bertz CT molecular complexity index is 359. The molecule has 0 radical (unpaired) electrons. The SMILES string of the molecule is NC1=NN[C@@H]2C=CC(OC(F)(F)F)=C[C@H]12. The molecule has 1 aliphatic heterocycles. The molecule has 0 spiro atoms. The van der Waals surface area contributed by atoms with Gasteiger partial charge in [0.25, 0.3) is 0 Å².